The number of nitrogens with zero attached hydrogens (tertiary/aromatic N) is 3. The smallest absolute Gasteiger partial charge is 0.274 e. The van der Waals surface area contributed by atoms with Crippen molar-refractivity contribution in [1.82, 2.24) is 19.6 Å². The van der Waals surface area contributed by atoms with Gasteiger partial charge in [0, 0.05) is 41.8 Å². The van der Waals surface area contributed by atoms with Gasteiger partial charge in [-0.3, -0.25) is 10.0 Å². The lowest BCUT2D eigenvalue weighted by molar-refractivity contribution is 0.0706. The van der Waals surface area contributed by atoms with Crippen LogP contribution in [-0.2, 0) is 13.6 Å². The predicted octanol–water partition coefficient (Wildman–Crippen LogP) is 3.21. The van der Waals surface area contributed by atoms with Gasteiger partial charge in [-0.25, -0.2) is 10.5 Å². The second-order valence-electron chi connectivity index (χ2n) is 6.22. The number of para-hydroxylation sites is 1. The second-order valence-corrected chi connectivity index (χ2v) is 6.22. The number of carbonyl (C=O) groups excluding carboxylic acids is 1. The fourth-order valence-corrected chi connectivity index (χ4v) is 3.22. The van der Waals surface area contributed by atoms with Crippen LogP contribution < -0.4 is 5.48 Å². The minimum atomic E-state index is -0.513. The molecule has 6 nitrogen and oxygen atoms in total. The number of aromatic nitrogens is 3. The Morgan fingerprint density at radius 1 is 1.15 bits per heavy atom. The van der Waals surface area contributed by atoms with Gasteiger partial charge in [0.15, 0.2) is 0 Å². The molecule has 0 bridgehead atoms. The molecule has 2 heterocycles. The average Bonchev–Trinajstić information content (AvgIpc) is 3.25. The summed E-state index contributed by atoms with van der Waals surface area (Å²) in [6, 6.07) is 15.5. The van der Waals surface area contributed by atoms with Crippen LogP contribution >= 0.6 is 0 Å². The van der Waals surface area contributed by atoms with Crippen LogP contribution in [0.3, 0.4) is 0 Å². The Balaban J connectivity index is 1.73. The predicted molar refractivity (Wildman–Crippen MR) is 98.9 cm³/mol. The van der Waals surface area contributed by atoms with Crippen LogP contribution in [-0.4, -0.2) is 25.2 Å². The van der Waals surface area contributed by atoms with Crippen LogP contribution in [0.1, 0.15) is 15.9 Å². The molecule has 0 aliphatic heterocycles. The molecule has 6 heteroatoms. The molecular weight excluding hydrogens is 328 g/mol. The number of carbonyl (C=O) groups is 1. The summed E-state index contributed by atoms with van der Waals surface area (Å²) in [4.78, 5) is 15.7. The first kappa shape index (κ1) is 16.1. The van der Waals surface area contributed by atoms with E-state index in [9.17, 15) is 4.79 Å². The zero-order valence-electron chi connectivity index (χ0n) is 14.3. The number of imidazole rings is 1. The summed E-state index contributed by atoms with van der Waals surface area (Å²) in [7, 11) is 1.99. The molecule has 2 aromatic heterocycles. The maximum Gasteiger partial charge on any atom is 0.274 e. The lowest BCUT2D eigenvalue weighted by Crippen LogP contribution is -2.18. The van der Waals surface area contributed by atoms with E-state index in [-0.39, 0.29) is 0 Å². The van der Waals surface area contributed by atoms with Gasteiger partial charge < -0.3 is 9.13 Å². The van der Waals surface area contributed by atoms with Gasteiger partial charge in [0.25, 0.3) is 5.91 Å². The monoisotopic (exact) mass is 346 g/mol. The third-order valence-electron chi connectivity index (χ3n) is 4.55. The Morgan fingerprint density at radius 2 is 1.92 bits per heavy atom. The van der Waals surface area contributed by atoms with Crippen molar-refractivity contribution < 1.29 is 10.0 Å². The lowest BCUT2D eigenvalue weighted by atomic mass is 10.1. The Hall–Kier alpha value is -3.38. The van der Waals surface area contributed by atoms with E-state index < -0.39 is 5.91 Å². The van der Waals surface area contributed by atoms with Crippen LogP contribution in [0, 0.1) is 0 Å². The second kappa shape index (κ2) is 6.50. The van der Waals surface area contributed by atoms with Gasteiger partial charge in [-0.15, -0.1) is 0 Å². The van der Waals surface area contributed by atoms with E-state index in [1.807, 2.05) is 42.1 Å². The molecule has 0 fully saturated rings. The highest BCUT2D eigenvalue weighted by Crippen LogP contribution is 2.30. The van der Waals surface area contributed by atoms with E-state index in [1.54, 1.807) is 23.9 Å². The molecule has 0 saturated carbocycles. The first-order chi connectivity index (χ1) is 12.7. The number of benzene rings is 2. The highest BCUT2D eigenvalue weighted by Gasteiger charge is 2.13. The highest BCUT2D eigenvalue weighted by atomic mass is 16.5. The van der Waals surface area contributed by atoms with E-state index in [4.69, 9.17) is 5.21 Å². The summed E-state index contributed by atoms with van der Waals surface area (Å²) in [5, 5.41) is 9.89. The van der Waals surface area contributed by atoms with Crippen molar-refractivity contribution in [3.8, 4) is 11.3 Å². The Morgan fingerprint density at radius 3 is 2.62 bits per heavy atom. The van der Waals surface area contributed by atoms with Crippen molar-refractivity contribution in [2.75, 3.05) is 0 Å². The van der Waals surface area contributed by atoms with Crippen molar-refractivity contribution in [2.24, 2.45) is 7.05 Å². The van der Waals surface area contributed by atoms with E-state index in [0.717, 1.165) is 22.3 Å². The molecule has 26 heavy (non-hydrogen) atoms. The van der Waals surface area contributed by atoms with Gasteiger partial charge in [-0.2, -0.15) is 0 Å². The number of rotatable bonds is 4. The van der Waals surface area contributed by atoms with Crippen LogP contribution in [0.2, 0.25) is 0 Å². The first-order valence-electron chi connectivity index (χ1n) is 8.25. The normalized spacial score (nSPS) is 11.0. The fraction of sp³-hybridized carbons (Fsp3) is 0.100. The summed E-state index contributed by atoms with van der Waals surface area (Å²) in [6.07, 6.45) is 5.80. The van der Waals surface area contributed by atoms with Gasteiger partial charge in [0.05, 0.1) is 18.2 Å². The molecule has 130 valence electrons. The van der Waals surface area contributed by atoms with Crippen LogP contribution in [0.4, 0.5) is 0 Å². The number of amides is 1. The molecule has 1 amide bonds. The third kappa shape index (κ3) is 2.76. The van der Waals surface area contributed by atoms with Crippen molar-refractivity contribution in [1.29, 1.82) is 0 Å². The van der Waals surface area contributed by atoms with E-state index in [1.165, 1.54) is 5.39 Å². The molecule has 4 aromatic rings. The highest BCUT2D eigenvalue weighted by molar-refractivity contribution is 5.95. The van der Waals surface area contributed by atoms with Gasteiger partial charge in [-0.05, 0) is 23.8 Å². The number of hydrogen-bond donors (Lipinski definition) is 2. The summed E-state index contributed by atoms with van der Waals surface area (Å²) in [5.74, 6) is -0.513. The summed E-state index contributed by atoms with van der Waals surface area (Å²) in [5.41, 5.74) is 6.47. The number of hydroxylamine groups is 1. The standard InChI is InChI=1S/C20H18N4O2/c1-23-13-21-10-19(23)17-12-24(18-5-3-2-4-16(17)18)11-14-6-8-15(9-7-14)20(25)22-26/h2-10,12-13,26H,11H2,1H3,(H,22,25). The van der Waals surface area contributed by atoms with Crippen molar-refractivity contribution in [2.45, 2.75) is 6.54 Å². The van der Waals surface area contributed by atoms with Gasteiger partial charge >= 0.3 is 0 Å². The molecule has 0 atom stereocenters. The molecular formula is C20H18N4O2. The summed E-state index contributed by atoms with van der Waals surface area (Å²) < 4.78 is 4.20. The largest absolute Gasteiger partial charge is 0.342 e. The SMILES string of the molecule is Cn1cncc1-c1cn(Cc2ccc(C(=O)NO)cc2)c2ccccc12. The molecule has 0 radical (unpaired) electrons. The Kier molecular flexibility index (Phi) is 4.02. The molecule has 2 N–H and O–H groups in total. The maximum atomic E-state index is 11.4. The third-order valence-corrected chi connectivity index (χ3v) is 4.55. The number of aryl methyl sites for hydroxylation is 1. The average molecular weight is 346 g/mol. The first-order valence-corrected chi connectivity index (χ1v) is 8.25. The van der Waals surface area contributed by atoms with Crippen LogP contribution in [0.25, 0.3) is 22.2 Å². The topological polar surface area (TPSA) is 72.1 Å². The van der Waals surface area contributed by atoms with Gasteiger partial charge in [0.1, 0.15) is 0 Å². The van der Waals surface area contributed by atoms with Crippen molar-refractivity contribution in [3.63, 3.8) is 0 Å². The maximum absolute atomic E-state index is 11.4. The molecule has 2 aromatic carbocycles. The lowest BCUT2D eigenvalue weighted by Gasteiger charge is -2.06. The molecule has 0 spiro atoms. The molecule has 0 aliphatic rings. The minimum Gasteiger partial charge on any atom is -0.342 e. The van der Waals surface area contributed by atoms with Crippen molar-refractivity contribution in [3.05, 3.63) is 78.4 Å². The van der Waals surface area contributed by atoms with Crippen LogP contribution in [0.5, 0.6) is 0 Å². The molecule has 0 aliphatic carbocycles. The zero-order chi connectivity index (χ0) is 18.1. The fourth-order valence-electron chi connectivity index (χ4n) is 3.22. The van der Waals surface area contributed by atoms with Gasteiger partial charge in [0.2, 0.25) is 0 Å². The number of nitrogens with one attached hydrogen (secondary N) is 1. The van der Waals surface area contributed by atoms with Crippen LogP contribution in [0.15, 0.2) is 67.3 Å². The minimum absolute atomic E-state index is 0.421. The van der Waals surface area contributed by atoms with E-state index in [0.29, 0.717) is 12.1 Å². The molecule has 0 saturated heterocycles. The molecule has 0 unspecified atom stereocenters. The Bertz CT molecular complexity index is 1080. The summed E-state index contributed by atoms with van der Waals surface area (Å²) in [6.45, 7) is 0.680. The zero-order valence-corrected chi connectivity index (χ0v) is 14.3. The number of fused-ring (bicyclic) bond motifs is 1. The van der Waals surface area contributed by atoms with Gasteiger partial charge in [-0.1, -0.05) is 30.3 Å². The van der Waals surface area contributed by atoms with E-state index >= 15 is 0 Å². The van der Waals surface area contributed by atoms with Crippen molar-refractivity contribution >= 4 is 16.8 Å². The van der Waals surface area contributed by atoms with E-state index in [2.05, 4.69) is 27.9 Å². The number of hydrogen-bond acceptors (Lipinski definition) is 3. The Labute approximate surface area is 150 Å². The summed E-state index contributed by atoms with van der Waals surface area (Å²) >= 11 is 0. The molecule has 4 rings (SSSR count). The quantitative estimate of drug-likeness (QED) is 0.440.